The largest absolute Gasteiger partial charge is 0.381 e. The van der Waals surface area contributed by atoms with Crippen LogP contribution in [0.3, 0.4) is 0 Å². The first-order valence-corrected chi connectivity index (χ1v) is 6.66. The predicted molar refractivity (Wildman–Crippen MR) is 72.1 cm³/mol. The van der Waals surface area contributed by atoms with Crippen molar-refractivity contribution in [2.75, 3.05) is 19.8 Å². The van der Waals surface area contributed by atoms with E-state index < -0.39 is 0 Å². The molecule has 18 heavy (non-hydrogen) atoms. The Hall–Kier alpha value is -1.06. The molecular weight excluding hydrogens is 250 g/mol. The Labute approximate surface area is 112 Å². The maximum Gasteiger partial charge on any atom is 0.251 e. The van der Waals surface area contributed by atoms with Crippen LogP contribution in [-0.2, 0) is 4.74 Å². The standard InChI is InChI=1S/C14H18ClNO2/c1-10-8-12(15)2-3-13(10)14(17)16-6-4-11-5-7-18-9-11/h2-3,8,11H,4-7,9H2,1H3,(H,16,17). The van der Waals surface area contributed by atoms with Gasteiger partial charge in [-0.1, -0.05) is 11.6 Å². The molecule has 1 amide bonds. The van der Waals surface area contributed by atoms with Crippen LogP contribution in [0.25, 0.3) is 0 Å². The molecule has 1 aromatic rings. The summed E-state index contributed by atoms with van der Waals surface area (Å²) in [6.07, 6.45) is 2.09. The zero-order valence-electron chi connectivity index (χ0n) is 10.5. The molecule has 0 saturated carbocycles. The lowest BCUT2D eigenvalue weighted by atomic mass is 10.0. The van der Waals surface area contributed by atoms with Crippen LogP contribution in [-0.4, -0.2) is 25.7 Å². The van der Waals surface area contributed by atoms with E-state index in [-0.39, 0.29) is 5.91 Å². The molecule has 0 aliphatic carbocycles. The van der Waals surface area contributed by atoms with Gasteiger partial charge in [-0.05, 0) is 49.4 Å². The van der Waals surface area contributed by atoms with Gasteiger partial charge in [0.2, 0.25) is 0 Å². The number of hydrogen-bond acceptors (Lipinski definition) is 2. The number of carbonyl (C=O) groups is 1. The fourth-order valence-electron chi connectivity index (χ4n) is 2.18. The molecule has 4 heteroatoms. The summed E-state index contributed by atoms with van der Waals surface area (Å²) in [6, 6.07) is 5.32. The van der Waals surface area contributed by atoms with Gasteiger partial charge in [0.1, 0.15) is 0 Å². The average molecular weight is 268 g/mol. The number of carbonyl (C=O) groups excluding carboxylic acids is 1. The second kappa shape index (κ2) is 6.21. The van der Waals surface area contributed by atoms with E-state index in [4.69, 9.17) is 16.3 Å². The monoisotopic (exact) mass is 267 g/mol. The molecule has 1 N–H and O–H groups in total. The third kappa shape index (κ3) is 3.47. The van der Waals surface area contributed by atoms with E-state index in [2.05, 4.69) is 5.32 Å². The molecular formula is C14H18ClNO2. The molecule has 1 atom stereocenters. The van der Waals surface area contributed by atoms with Crippen molar-refractivity contribution >= 4 is 17.5 Å². The lowest BCUT2D eigenvalue weighted by Gasteiger charge is -2.10. The summed E-state index contributed by atoms with van der Waals surface area (Å²) >= 11 is 5.87. The van der Waals surface area contributed by atoms with Gasteiger partial charge in [-0.3, -0.25) is 4.79 Å². The number of ether oxygens (including phenoxy) is 1. The van der Waals surface area contributed by atoms with Crippen LogP contribution in [0.1, 0.15) is 28.8 Å². The molecule has 1 aliphatic heterocycles. The third-order valence-electron chi connectivity index (χ3n) is 3.30. The molecule has 1 aromatic carbocycles. The molecule has 1 unspecified atom stereocenters. The first-order chi connectivity index (χ1) is 8.66. The molecule has 0 aromatic heterocycles. The summed E-state index contributed by atoms with van der Waals surface area (Å²) < 4.78 is 5.30. The molecule has 3 nitrogen and oxygen atoms in total. The lowest BCUT2D eigenvalue weighted by molar-refractivity contribution is 0.0950. The molecule has 0 bridgehead atoms. The van der Waals surface area contributed by atoms with Gasteiger partial charge in [-0.25, -0.2) is 0 Å². The lowest BCUT2D eigenvalue weighted by Crippen LogP contribution is -2.26. The highest BCUT2D eigenvalue weighted by Crippen LogP contribution is 2.17. The first-order valence-electron chi connectivity index (χ1n) is 6.29. The van der Waals surface area contributed by atoms with Crippen LogP contribution < -0.4 is 5.32 Å². The van der Waals surface area contributed by atoms with Crippen molar-refractivity contribution in [1.29, 1.82) is 0 Å². The summed E-state index contributed by atoms with van der Waals surface area (Å²) in [5, 5.41) is 3.61. The third-order valence-corrected chi connectivity index (χ3v) is 3.53. The molecule has 98 valence electrons. The zero-order chi connectivity index (χ0) is 13.0. The van der Waals surface area contributed by atoms with Crippen molar-refractivity contribution in [2.24, 2.45) is 5.92 Å². The minimum Gasteiger partial charge on any atom is -0.381 e. The minimum absolute atomic E-state index is 0.0249. The van der Waals surface area contributed by atoms with Crippen molar-refractivity contribution in [3.63, 3.8) is 0 Å². The van der Waals surface area contributed by atoms with Gasteiger partial charge in [0.05, 0.1) is 0 Å². The summed E-state index contributed by atoms with van der Waals surface area (Å²) in [6.45, 7) is 4.28. The summed E-state index contributed by atoms with van der Waals surface area (Å²) in [4.78, 5) is 12.0. The minimum atomic E-state index is -0.0249. The van der Waals surface area contributed by atoms with Crippen LogP contribution in [0.2, 0.25) is 5.02 Å². The summed E-state index contributed by atoms with van der Waals surface area (Å²) in [7, 11) is 0. The summed E-state index contributed by atoms with van der Waals surface area (Å²) in [5.41, 5.74) is 1.60. The maximum atomic E-state index is 12.0. The normalized spacial score (nSPS) is 18.9. The van der Waals surface area contributed by atoms with E-state index in [0.29, 0.717) is 23.0 Å². The van der Waals surface area contributed by atoms with E-state index in [1.54, 1.807) is 18.2 Å². The van der Waals surface area contributed by atoms with Crippen molar-refractivity contribution < 1.29 is 9.53 Å². The van der Waals surface area contributed by atoms with Crippen LogP contribution in [0.4, 0.5) is 0 Å². The quantitative estimate of drug-likeness (QED) is 0.911. The highest BCUT2D eigenvalue weighted by atomic mass is 35.5. The van der Waals surface area contributed by atoms with Gasteiger partial charge < -0.3 is 10.1 Å². The van der Waals surface area contributed by atoms with E-state index in [0.717, 1.165) is 31.6 Å². The maximum absolute atomic E-state index is 12.0. The fourth-order valence-corrected chi connectivity index (χ4v) is 2.40. The van der Waals surface area contributed by atoms with Crippen LogP contribution >= 0.6 is 11.6 Å². The number of rotatable bonds is 4. The molecule has 1 fully saturated rings. The van der Waals surface area contributed by atoms with E-state index >= 15 is 0 Å². The van der Waals surface area contributed by atoms with Crippen molar-refractivity contribution in [3.05, 3.63) is 34.3 Å². The van der Waals surface area contributed by atoms with Gasteiger partial charge >= 0.3 is 0 Å². The van der Waals surface area contributed by atoms with Crippen molar-refractivity contribution in [1.82, 2.24) is 5.32 Å². The first kappa shape index (κ1) is 13.4. The average Bonchev–Trinajstić information content (AvgIpc) is 2.81. The number of halogens is 1. The Kier molecular flexibility index (Phi) is 4.61. The van der Waals surface area contributed by atoms with Gasteiger partial charge in [0.15, 0.2) is 0 Å². The SMILES string of the molecule is Cc1cc(Cl)ccc1C(=O)NCCC1CCOC1. The highest BCUT2D eigenvalue weighted by molar-refractivity contribution is 6.30. The van der Waals surface area contributed by atoms with Crippen molar-refractivity contribution in [3.8, 4) is 0 Å². The highest BCUT2D eigenvalue weighted by Gasteiger charge is 2.16. The number of hydrogen-bond donors (Lipinski definition) is 1. The predicted octanol–water partition coefficient (Wildman–Crippen LogP) is 2.80. The topological polar surface area (TPSA) is 38.3 Å². The molecule has 1 heterocycles. The van der Waals surface area contributed by atoms with Crippen molar-refractivity contribution in [2.45, 2.75) is 19.8 Å². The number of nitrogens with one attached hydrogen (secondary N) is 1. The number of aryl methyl sites for hydroxylation is 1. The molecule has 0 radical (unpaired) electrons. The second-order valence-electron chi connectivity index (χ2n) is 4.73. The van der Waals surface area contributed by atoms with Gasteiger partial charge in [-0.2, -0.15) is 0 Å². The second-order valence-corrected chi connectivity index (χ2v) is 5.17. The molecule has 1 aliphatic rings. The van der Waals surface area contributed by atoms with E-state index in [1.165, 1.54) is 0 Å². The van der Waals surface area contributed by atoms with Crippen LogP contribution in [0.5, 0.6) is 0 Å². The zero-order valence-corrected chi connectivity index (χ0v) is 11.3. The fraction of sp³-hybridized carbons (Fsp3) is 0.500. The number of amides is 1. The van der Waals surface area contributed by atoms with Gasteiger partial charge in [0, 0.05) is 30.3 Å². The molecule has 1 saturated heterocycles. The Morgan fingerprint density at radius 2 is 2.39 bits per heavy atom. The Morgan fingerprint density at radius 3 is 3.06 bits per heavy atom. The Balaban J connectivity index is 1.83. The van der Waals surface area contributed by atoms with Crippen LogP contribution in [0.15, 0.2) is 18.2 Å². The number of benzene rings is 1. The Morgan fingerprint density at radius 1 is 1.56 bits per heavy atom. The smallest absolute Gasteiger partial charge is 0.251 e. The van der Waals surface area contributed by atoms with Gasteiger partial charge in [0.25, 0.3) is 5.91 Å². The van der Waals surface area contributed by atoms with E-state index in [9.17, 15) is 4.79 Å². The van der Waals surface area contributed by atoms with Gasteiger partial charge in [-0.15, -0.1) is 0 Å². The summed E-state index contributed by atoms with van der Waals surface area (Å²) in [5.74, 6) is 0.569. The Bertz CT molecular complexity index is 428. The molecule has 0 spiro atoms. The molecule has 2 rings (SSSR count). The van der Waals surface area contributed by atoms with Crippen LogP contribution in [0, 0.1) is 12.8 Å². The van der Waals surface area contributed by atoms with E-state index in [1.807, 2.05) is 6.92 Å².